The lowest BCUT2D eigenvalue weighted by molar-refractivity contribution is -0.113. The highest BCUT2D eigenvalue weighted by atomic mass is 35.5. The second kappa shape index (κ2) is 10.3. The van der Waals surface area contributed by atoms with Gasteiger partial charge in [-0.05, 0) is 54.2 Å². The third-order valence-electron chi connectivity index (χ3n) is 6.45. The summed E-state index contributed by atoms with van der Waals surface area (Å²) in [7, 11) is 0. The molecule has 6 rings (SSSR count). The predicted octanol–water partition coefficient (Wildman–Crippen LogP) is 5.99. The quantitative estimate of drug-likeness (QED) is 0.306. The van der Waals surface area contributed by atoms with Crippen LogP contribution in [0.1, 0.15) is 5.56 Å². The molecule has 0 radical (unpaired) electrons. The second-order valence-corrected chi connectivity index (χ2v) is 10.3. The molecular weight excluding hydrogens is 502 g/mol. The molecule has 1 aromatic heterocycles. The molecule has 0 atom stereocenters. The van der Waals surface area contributed by atoms with Crippen molar-refractivity contribution in [2.75, 3.05) is 31.1 Å². The van der Waals surface area contributed by atoms with Gasteiger partial charge in [0.25, 0.3) is 5.91 Å². The maximum Gasteiger partial charge on any atom is 0.286 e. The number of para-hydroxylation sites is 2. The van der Waals surface area contributed by atoms with Gasteiger partial charge in [-0.25, -0.2) is 4.68 Å². The third kappa shape index (κ3) is 5.05. The topological polar surface area (TPSA) is 53.7 Å². The van der Waals surface area contributed by atoms with Gasteiger partial charge in [-0.15, -0.1) is 0 Å². The fraction of sp³-hybridized carbons (Fsp3) is 0.138. The Morgan fingerprint density at radius 3 is 2.08 bits per heavy atom. The summed E-state index contributed by atoms with van der Waals surface area (Å²) in [4.78, 5) is 22.5. The average Bonchev–Trinajstić information content (AvgIpc) is 3.54. The second-order valence-electron chi connectivity index (χ2n) is 8.84. The van der Waals surface area contributed by atoms with Gasteiger partial charge < -0.3 is 9.80 Å². The summed E-state index contributed by atoms with van der Waals surface area (Å²) in [5, 5.41) is 6.28. The number of thioether (sulfide) groups is 1. The van der Waals surface area contributed by atoms with Gasteiger partial charge >= 0.3 is 0 Å². The molecule has 1 fully saturated rings. The van der Waals surface area contributed by atoms with Gasteiger partial charge in [0.1, 0.15) is 0 Å². The van der Waals surface area contributed by atoms with Crippen molar-refractivity contribution in [3.05, 3.63) is 107 Å². The molecule has 0 saturated carbocycles. The first-order valence-corrected chi connectivity index (χ1v) is 13.3. The number of amides is 1. The molecule has 3 aromatic carbocycles. The lowest BCUT2D eigenvalue weighted by atomic mass is 10.1. The Labute approximate surface area is 224 Å². The number of nitrogens with zero attached hydrogens (tertiary/aromatic N) is 5. The first kappa shape index (κ1) is 23.6. The summed E-state index contributed by atoms with van der Waals surface area (Å²) in [6.07, 6.45) is 3.86. The van der Waals surface area contributed by atoms with E-state index in [1.54, 1.807) is 0 Å². The Balaban J connectivity index is 1.24. The highest BCUT2D eigenvalue weighted by molar-refractivity contribution is 8.18. The van der Waals surface area contributed by atoms with Crippen LogP contribution in [0.5, 0.6) is 0 Å². The Morgan fingerprint density at radius 2 is 1.41 bits per heavy atom. The van der Waals surface area contributed by atoms with Gasteiger partial charge in [0.2, 0.25) is 0 Å². The van der Waals surface area contributed by atoms with E-state index in [1.807, 2.05) is 77.6 Å². The monoisotopic (exact) mass is 525 g/mol. The van der Waals surface area contributed by atoms with Crippen molar-refractivity contribution in [1.29, 1.82) is 0 Å². The van der Waals surface area contributed by atoms with E-state index in [9.17, 15) is 4.79 Å². The Kier molecular flexibility index (Phi) is 6.55. The van der Waals surface area contributed by atoms with E-state index in [1.165, 1.54) is 17.4 Å². The molecule has 8 heteroatoms. The van der Waals surface area contributed by atoms with Crippen molar-refractivity contribution in [2.45, 2.75) is 0 Å². The third-order valence-corrected chi connectivity index (χ3v) is 7.74. The molecule has 37 heavy (non-hydrogen) atoms. The first-order valence-electron chi connectivity index (χ1n) is 12.1. The molecule has 0 unspecified atom stereocenters. The van der Waals surface area contributed by atoms with Gasteiger partial charge in [0, 0.05) is 54.2 Å². The number of piperazine rings is 1. The zero-order valence-corrected chi connectivity index (χ0v) is 21.6. The number of amidine groups is 1. The standard InChI is InChI=1S/C29H24ClN5OS/c30-23-13-11-21(12-14-23)27-22(20-35(32-27)25-9-5-2-6-10-25)19-26-28(36)31-29(37-26)34-17-15-33(16-18-34)24-7-3-1-4-8-24/h1-14,19-20H,15-18H2. The van der Waals surface area contributed by atoms with Gasteiger partial charge in [-0.2, -0.15) is 10.1 Å². The number of aromatic nitrogens is 2. The summed E-state index contributed by atoms with van der Waals surface area (Å²) in [6.45, 7) is 3.43. The zero-order valence-electron chi connectivity index (χ0n) is 20.0. The summed E-state index contributed by atoms with van der Waals surface area (Å²) in [5.41, 5.74) is 4.74. The van der Waals surface area contributed by atoms with E-state index in [0.717, 1.165) is 53.9 Å². The summed E-state index contributed by atoms with van der Waals surface area (Å²) in [6, 6.07) is 27.9. The molecule has 0 N–H and O–H groups in total. The molecule has 1 amide bonds. The maximum absolute atomic E-state index is 12.9. The van der Waals surface area contributed by atoms with E-state index in [-0.39, 0.29) is 5.91 Å². The number of aliphatic imine (C=N–C) groups is 1. The van der Waals surface area contributed by atoms with Crippen LogP contribution in [-0.4, -0.2) is 51.9 Å². The number of carbonyl (C=O) groups is 1. The van der Waals surface area contributed by atoms with Crippen molar-refractivity contribution >= 4 is 46.2 Å². The zero-order chi connectivity index (χ0) is 25.2. The normalized spacial score (nSPS) is 16.9. The van der Waals surface area contributed by atoms with Crippen molar-refractivity contribution in [1.82, 2.24) is 14.7 Å². The molecule has 2 aliphatic heterocycles. The van der Waals surface area contributed by atoms with Crippen LogP contribution in [0.2, 0.25) is 5.02 Å². The van der Waals surface area contributed by atoms with Gasteiger partial charge in [0.05, 0.1) is 16.3 Å². The number of halogens is 1. The SMILES string of the molecule is O=C1N=C(N2CCN(c3ccccc3)CC2)SC1=Cc1cn(-c2ccccc2)nc1-c1ccc(Cl)cc1. The van der Waals surface area contributed by atoms with Crippen molar-refractivity contribution < 1.29 is 4.79 Å². The number of hydrogen-bond donors (Lipinski definition) is 0. The Morgan fingerprint density at radius 1 is 0.784 bits per heavy atom. The molecular formula is C29H24ClN5OS. The van der Waals surface area contributed by atoms with Crippen LogP contribution >= 0.6 is 23.4 Å². The largest absolute Gasteiger partial charge is 0.368 e. The lowest BCUT2D eigenvalue weighted by Crippen LogP contribution is -2.47. The van der Waals surface area contributed by atoms with Crippen LogP contribution in [0.15, 0.2) is 101 Å². The van der Waals surface area contributed by atoms with Crippen molar-refractivity contribution in [2.24, 2.45) is 4.99 Å². The number of anilines is 1. The number of carbonyl (C=O) groups excluding carboxylic acids is 1. The van der Waals surface area contributed by atoms with E-state index in [0.29, 0.717) is 9.93 Å². The van der Waals surface area contributed by atoms with Crippen molar-refractivity contribution in [3.63, 3.8) is 0 Å². The molecule has 4 aromatic rings. The van der Waals surface area contributed by atoms with Gasteiger partial charge in [-0.1, -0.05) is 60.1 Å². The van der Waals surface area contributed by atoms with E-state index in [4.69, 9.17) is 16.7 Å². The summed E-state index contributed by atoms with van der Waals surface area (Å²) in [5.74, 6) is -0.208. The Hall–Kier alpha value is -3.81. The number of hydrogen-bond acceptors (Lipinski definition) is 5. The van der Waals surface area contributed by atoms with Crippen LogP contribution in [0.4, 0.5) is 5.69 Å². The molecule has 3 heterocycles. The highest BCUT2D eigenvalue weighted by Crippen LogP contribution is 2.34. The number of rotatable bonds is 4. The van der Waals surface area contributed by atoms with E-state index < -0.39 is 0 Å². The van der Waals surface area contributed by atoms with E-state index >= 15 is 0 Å². The number of benzene rings is 3. The van der Waals surface area contributed by atoms with Crippen LogP contribution < -0.4 is 4.90 Å². The van der Waals surface area contributed by atoms with Crippen LogP contribution in [0, 0.1) is 0 Å². The van der Waals surface area contributed by atoms with Crippen molar-refractivity contribution in [3.8, 4) is 16.9 Å². The molecule has 0 bridgehead atoms. The minimum Gasteiger partial charge on any atom is -0.368 e. The van der Waals surface area contributed by atoms with Gasteiger partial charge in [-0.3, -0.25) is 4.79 Å². The lowest BCUT2D eigenvalue weighted by Gasteiger charge is -2.36. The molecule has 0 spiro atoms. The first-order chi connectivity index (χ1) is 18.1. The average molecular weight is 526 g/mol. The minimum absolute atomic E-state index is 0.208. The van der Waals surface area contributed by atoms with Crippen LogP contribution in [0.3, 0.4) is 0 Å². The fourth-order valence-electron chi connectivity index (χ4n) is 4.51. The van der Waals surface area contributed by atoms with Gasteiger partial charge in [0.15, 0.2) is 5.17 Å². The minimum atomic E-state index is -0.208. The van der Waals surface area contributed by atoms with Crippen LogP contribution in [-0.2, 0) is 4.79 Å². The Bertz CT molecular complexity index is 1470. The molecule has 184 valence electrons. The smallest absolute Gasteiger partial charge is 0.286 e. The molecule has 2 aliphatic rings. The molecule has 6 nitrogen and oxygen atoms in total. The highest BCUT2D eigenvalue weighted by Gasteiger charge is 2.29. The van der Waals surface area contributed by atoms with Crippen LogP contribution in [0.25, 0.3) is 23.0 Å². The summed E-state index contributed by atoms with van der Waals surface area (Å²) < 4.78 is 1.84. The summed E-state index contributed by atoms with van der Waals surface area (Å²) >= 11 is 7.56. The fourth-order valence-corrected chi connectivity index (χ4v) is 5.59. The van der Waals surface area contributed by atoms with E-state index in [2.05, 4.69) is 39.1 Å². The molecule has 1 saturated heterocycles. The molecule has 0 aliphatic carbocycles. The predicted molar refractivity (Wildman–Crippen MR) is 152 cm³/mol. The maximum atomic E-state index is 12.9.